The Morgan fingerprint density at radius 3 is 2.87 bits per heavy atom. The van der Waals surface area contributed by atoms with Crippen molar-refractivity contribution >= 4 is 10.8 Å². The van der Waals surface area contributed by atoms with Crippen molar-refractivity contribution in [2.24, 2.45) is 5.73 Å². The minimum absolute atomic E-state index is 0.355. The third-order valence-electron chi connectivity index (χ3n) is 2.26. The van der Waals surface area contributed by atoms with Crippen LogP contribution in [0.5, 0.6) is 0 Å². The lowest BCUT2D eigenvalue weighted by Gasteiger charge is -2.07. The number of benzene rings is 1. The Balaban J connectivity index is 2.78. The molecule has 0 aliphatic carbocycles. The van der Waals surface area contributed by atoms with Crippen LogP contribution in [0.3, 0.4) is 0 Å². The fourth-order valence-electron chi connectivity index (χ4n) is 1.50. The largest absolute Gasteiger partial charge is 0.312 e. The summed E-state index contributed by atoms with van der Waals surface area (Å²) in [4.78, 5) is 3.87. The minimum Gasteiger partial charge on any atom is -0.312 e. The fourth-order valence-corrected chi connectivity index (χ4v) is 1.50. The van der Waals surface area contributed by atoms with Crippen molar-refractivity contribution < 1.29 is 4.39 Å². The van der Waals surface area contributed by atoms with Gasteiger partial charge in [-0.25, -0.2) is 4.39 Å². The molecule has 1 aromatic heterocycles. The van der Waals surface area contributed by atoms with Gasteiger partial charge in [-0.15, -0.1) is 0 Å². The number of pyridine rings is 1. The molecule has 1 aromatic carbocycles. The second-order valence-corrected chi connectivity index (χ2v) is 3.17. The van der Waals surface area contributed by atoms with Gasteiger partial charge in [0.2, 0.25) is 0 Å². The Bertz CT molecular complexity index is 545. The maximum absolute atomic E-state index is 13.4. The topological polar surface area (TPSA) is 62.7 Å². The summed E-state index contributed by atoms with van der Waals surface area (Å²) in [6, 6.07) is 5.80. The molecule has 74 valence electrons. The highest BCUT2D eigenvalue weighted by Crippen LogP contribution is 2.23. The first-order valence-corrected chi connectivity index (χ1v) is 4.41. The van der Waals surface area contributed by atoms with Crippen LogP contribution in [0.4, 0.5) is 4.39 Å². The maximum Gasteiger partial charge on any atom is 0.132 e. The van der Waals surface area contributed by atoms with Crippen molar-refractivity contribution in [1.82, 2.24) is 4.98 Å². The van der Waals surface area contributed by atoms with Gasteiger partial charge in [-0.05, 0) is 11.5 Å². The standard InChI is InChI=1S/C11H8FN3/c12-10-3-1-2-7-8(10)5-15-6-9(7)11(14)4-13/h1-3,5-6,11H,14H2. The lowest BCUT2D eigenvalue weighted by molar-refractivity contribution is 0.639. The van der Waals surface area contributed by atoms with Crippen LogP contribution >= 0.6 is 0 Å². The average Bonchev–Trinajstić information content (AvgIpc) is 2.28. The molecule has 2 rings (SSSR count). The zero-order valence-corrected chi connectivity index (χ0v) is 7.81. The van der Waals surface area contributed by atoms with Gasteiger partial charge in [0.25, 0.3) is 0 Å². The number of nitriles is 1. The number of hydrogen-bond donors (Lipinski definition) is 1. The lowest BCUT2D eigenvalue weighted by Crippen LogP contribution is -2.08. The van der Waals surface area contributed by atoms with E-state index in [2.05, 4.69) is 4.98 Å². The molecule has 2 N–H and O–H groups in total. The van der Waals surface area contributed by atoms with E-state index >= 15 is 0 Å². The quantitative estimate of drug-likeness (QED) is 0.766. The van der Waals surface area contributed by atoms with E-state index in [1.54, 1.807) is 12.1 Å². The van der Waals surface area contributed by atoms with Crippen LogP contribution in [-0.2, 0) is 0 Å². The average molecular weight is 201 g/mol. The van der Waals surface area contributed by atoms with E-state index in [1.165, 1.54) is 18.5 Å². The van der Waals surface area contributed by atoms with Gasteiger partial charge in [0, 0.05) is 23.3 Å². The van der Waals surface area contributed by atoms with Crippen LogP contribution in [0.25, 0.3) is 10.8 Å². The van der Waals surface area contributed by atoms with Crippen molar-refractivity contribution in [1.29, 1.82) is 5.26 Å². The second kappa shape index (κ2) is 3.64. The first kappa shape index (κ1) is 9.56. The van der Waals surface area contributed by atoms with Crippen molar-refractivity contribution in [3.05, 3.63) is 42.0 Å². The van der Waals surface area contributed by atoms with Crippen LogP contribution in [-0.4, -0.2) is 4.98 Å². The van der Waals surface area contributed by atoms with Gasteiger partial charge in [0.05, 0.1) is 6.07 Å². The number of nitrogens with two attached hydrogens (primary N) is 1. The van der Waals surface area contributed by atoms with Crippen molar-refractivity contribution in [2.75, 3.05) is 0 Å². The molecule has 3 nitrogen and oxygen atoms in total. The summed E-state index contributed by atoms with van der Waals surface area (Å²) < 4.78 is 13.4. The summed E-state index contributed by atoms with van der Waals surface area (Å²) in [7, 11) is 0. The molecule has 0 spiro atoms. The van der Waals surface area contributed by atoms with E-state index in [9.17, 15) is 4.39 Å². The zero-order valence-electron chi connectivity index (χ0n) is 7.81. The molecular formula is C11H8FN3. The minimum atomic E-state index is -0.775. The predicted octanol–water partition coefficient (Wildman–Crippen LogP) is 1.90. The van der Waals surface area contributed by atoms with E-state index < -0.39 is 6.04 Å². The molecular weight excluding hydrogens is 193 g/mol. The monoisotopic (exact) mass is 201 g/mol. The Morgan fingerprint density at radius 2 is 2.13 bits per heavy atom. The van der Waals surface area contributed by atoms with Gasteiger partial charge < -0.3 is 5.73 Å². The van der Waals surface area contributed by atoms with E-state index in [1.807, 2.05) is 6.07 Å². The summed E-state index contributed by atoms with van der Waals surface area (Å²) in [5.74, 6) is -0.355. The predicted molar refractivity (Wildman–Crippen MR) is 54.2 cm³/mol. The van der Waals surface area contributed by atoms with E-state index in [4.69, 9.17) is 11.0 Å². The normalized spacial score (nSPS) is 12.3. The Hall–Kier alpha value is -1.99. The number of fused-ring (bicyclic) bond motifs is 1. The Kier molecular flexibility index (Phi) is 2.32. The molecule has 4 heteroatoms. The number of hydrogen-bond acceptors (Lipinski definition) is 3. The molecule has 1 unspecified atom stereocenters. The van der Waals surface area contributed by atoms with Gasteiger partial charge in [0.15, 0.2) is 0 Å². The highest BCUT2D eigenvalue weighted by atomic mass is 19.1. The Morgan fingerprint density at radius 1 is 1.33 bits per heavy atom. The van der Waals surface area contributed by atoms with Crippen molar-refractivity contribution in [3.63, 3.8) is 0 Å². The smallest absolute Gasteiger partial charge is 0.132 e. The van der Waals surface area contributed by atoms with E-state index in [0.717, 1.165) is 0 Å². The first-order valence-electron chi connectivity index (χ1n) is 4.41. The molecule has 0 saturated carbocycles. The maximum atomic E-state index is 13.4. The summed E-state index contributed by atoms with van der Waals surface area (Å²) in [5, 5.41) is 9.75. The number of nitrogens with zero attached hydrogens (tertiary/aromatic N) is 2. The molecule has 0 aliphatic rings. The van der Waals surface area contributed by atoms with Crippen molar-refractivity contribution in [3.8, 4) is 6.07 Å². The molecule has 0 fully saturated rings. The molecule has 15 heavy (non-hydrogen) atoms. The lowest BCUT2D eigenvalue weighted by atomic mass is 10.0. The van der Waals surface area contributed by atoms with Gasteiger partial charge in [-0.3, -0.25) is 4.98 Å². The molecule has 0 radical (unpaired) electrons. The highest BCUT2D eigenvalue weighted by molar-refractivity contribution is 5.85. The van der Waals surface area contributed by atoms with Gasteiger partial charge >= 0.3 is 0 Å². The van der Waals surface area contributed by atoms with Crippen molar-refractivity contribution in [2.45, 2.75) is 6.04 Å². The molecule has 1 atom stereocenters. The van der Waals surface area contributed by atoms with Crippen LogP contribution in [0.15, 0.2) is 30.6 Å². The molecule has 0 saturated heterocycles. The SMILES string of the molecule is N#CC(N)c1cncc2c(F)cccc12. The third-order valence-corrected chi connectivity index (χ3v) is 2.26. The van der Waals surface area contributed by atoms with Crippen LogP contribution < -0.4 is 5.73 Å². The Labute approximate surface area is 86.0 Å². The third kappa shape index (κ3) is 1.53. The van der Waals surface area contributed by atoms with Gasteiger partial charge in [-0.1, -0.05) is 12.1 Å². The highest BCUT2D eigenvalue weighted by Gasteiger charge is 2.10. The van der Waals surface area contributed by atoms with Crippen LogP contribution in [0.2, 0.25) is 0 Å². The summed E-state index contributed by atoms with van der Waals surface area (Å²) in [5.41, 5.74) is 6.14. The van der Waals surface area contributed by atoms with Crippen LogP contribution in [0, 0.1) is 17.1 Å². The summed E-state index contributed by atoms with van der Waals surface area (Å²) in [6.07, 6.45) is 2.92. The van der Waals surface area contributed by atoms with Gasteiger partial charge in [0.1, 0.15) is 11.9 Å². The second-order valence-electron chi connectivity index (χ2n) is 3.17. The zero-order chi connectivity index (χ0) is 10.8. The summed E-state index contributed by atoms with van der Waals surface area (Å²) >= 11 is 0. The molecule has 0 amide bonds. The fraction of sp³-hybridized carbons (Fsp3) is 0.0909. The molecule has 1 heterocycles. The van der Waals surface area contributed by atoms with E-state index in [0.29, 0.717) is 16.3 Å². The number of halogens is 1. The van der Waals surface area contributed by atoms with E-state index in [-0.39, 0.29) is 5.82 Å². The number of aromatic nitrogens is 1. The molecule has 0 aliphatic heterocycles. The number of rotatable bonds is 1. The molecule has 0 bridgehead atoms. The molecule has 2 aromatic rings. The van der Waals surface area contributed by atoms with Gasteiger partial charge in [-0.2, -0.15) is 5.26 Å². The summed E-state index contributed by atoms with van der Waals surface area (Å²) in [6.45, 7) is 0. The van der Waals surface area contributed by atoms with Crippen LogP contribution in [0.1, 0.15) is 11.6 Å². The first-order chi connectivity index (χ1) is 7.24.